The lowest BCUT2D eigenvalue weighted by atomic mass is 10.1. The van der Waals surface area contributed by atoms with Gasteiger partial charge in [-0.2, -0.15) is 0 Å². The number of H-pyrrole nitrogens is 1. The third-order valence-corrected chi connectivity index (χ3v) is 6.35. The summed E-state index contributed by atoms with van der Waals surface area (Å²) in [5.74, 6) is 1.90. The van der Waals surface area contributed by atoms with Crippen LogP contribution in [-0.2, 0) is 11.1 Å². The molecule has 1 aliphatic rings. The van der Waals surface area contributed by atoms with Crippen LogP contribution in [-0.4, -0.2) is 82.7 Å². The van der Waals surface area contributed by atoms with Crippen molar-refractivity contribution in [1.82, 2.24) is 34.8 Å². The highest BCUT2D eigenvalue weighted by Crippen LogP contribution is 2.34. The van der Waals surface area contributed by atoms with Crippen molar-refractivity contribution in [1.29, 1.82) is 0 Å². The Hall–Kier alpha value is -3.68. The maximum atomic E-state index is 11.2. The summed E-state index contributed by atoms with van der Waals surface area (Å²) in [5.41, 5.74) is 4.48. The first kappa shape index (κ1) is 23.1. The van der Waals surface area contributed by atoms with Crippen LogP contribution in [0.4, 0.5) is 17.2 Å². The third kappa shape index (κ3) is 5.06. The summed E-state index contributed by atoms with van der Waals surface area (Å²) in [6.45, 7) is 4.65. The van der Waals surface area contributed by atoms with E-state index in [1.165, 1.54) is 0 Å². The van der Waals surface area contributed by atoms with E-state index in [0.717, 1.165) is 35.5 Å². The first-order valence-corrected chi connectivity index (χ1v) is 12.3. The van der Waals surface area contributed by atoms with E-state index in [2.05, 4.69) is 30.2 Å². The fourth-order valence-electron chi connectivity index (χ4n) is 4.05. The van der Waals surface area contributed by atoms with Crippen LogP contribution in [0.2, 0.25) is 0 Å². The van der Waals surface area contributed by atoms with E-state index in [9.17, 15) is 8.76 Å². The lowest BCUT2D eigenvalue weighted by molar-refractivity contribution is 0.292. The molecule has 0 radical (unpaired) electrons. The molecule has 1 saturated heterocycles. The molecule has 0 bridgehead atoms. The normalized spacial score (nSPS) is 15.3. The number of aromatic nitrogens is 6. The van der Waals surface area contributed by atoms with Gasteiger partial charge in [0, 0.05) is 37.8 Å². The Kier molecular flexibility index (Phi) is 6.53. The van der Waals surface area contributed by atoms with Gasteiger partial charge in [0.15, 0.2) is 16.7 Å². The fourth-order valence-corrected chi connectivity index (χ4v) is 4.62. The van der Waals surface area contributed by atoms with Crippen LogP contribution in [0.15, 0.2) is 36.9 Å². The topological polar surface area (TPSA) is 145 Å². The first-order chi connectivity index (χ1) is 17.0. The van der Waals surface area contributed by atoms with Crippen LogP contribution in [0.5, 0.6) is 5.88 Å². The lowest BCUT2D eigenvalue weighted by Crippen LogP contribution is -2.47. The summed E-state index contributed by atoms with van der Waals surface area (Å²) < 4.78 is 25.5. The predicted molar refractivity (Wildman–Crippen MR) is 133 cm³/mol. The minimum atomic E-state index is -1.83. The molecule has 1 aliphatic heterocycles. The van der Waals surface area contributed by atoms with E-state index in [1.807, 2.05) is 30.2 Å². The summed E-state index contributed by atoms with van der Waals surface area (Å²) in [4.78, 5) is 29.8. The van der Waals surface area contributed by atoms with E-state index in [4.69, 9.17) is 14.7 Å². The molecule has 35 heavy (non-hydrogen) atoms. The average molecular weight is 496 g/mol. The molecule has 4 aromatic heterocycles. The Morgan fingerprint density at radius 2 is 1.97 bits per heavy atom. The zero-order valence-corrected chi connectivity index (χ0v) is 20.1. The largest absolute Gasteiger partial charge is 0.481 e. The van der Waals surface area contributed by atoms with Gasteiger partial charge in [-0.05, 0) is 19.1 Å². The Balaban J connectivity index is 1.52. The molecule has 1 atom stereocenters. The molecule has 13 heteroatoms. The molecule has 0 aliphatic carbocycles. The number of fused-ring (bicyclic) bond motifs is 1. The molecule has 1 unspecified atom stereocenters. The minimum absolute atomic E-state index is 0.161. The fraction of sp³-hybridized carbons (Fsp3) is 0.318. The highest BCUT2D eigenvalue weighted by Gasteiger charge is 2.22. The van der Waals surface area contributed by atoms with Gasteiger partial charge >= 0.3 is 0 Å². The molecule has 0 spiro atoms. The number of hydrogen-bond acceptors (Lipinski definition) is 10. The summed E-state index contributed by atoms with van der Waals surface area (Å²) in [6, 6.07) is 5.69. The van der Waals surface area contributed by atoms with E-state index in [-0.39, 0.29) is 5.88 Å². The second kappa shape index (κ2) is 9.90. The van der Waals surface area contributed by atoms with Crippen molar-refractivity contribution in [3.8, 4) is 17.1 Å². The molecule has 3 N–H and O–H groups in total. The van der Waals surface area contributed by atoms with E-state index in [1.54, 1.807) is 25.7 Å². The second-order valence-electron chi connectivity index (χ2n) is 8.08. The summed E-state index contributed by atoms with van der Waals surface area (Å²) in [5, 5.41) is 3.35. The van der Waals surface area contributed by atoms with Crippen molar-refractivity contribution in [2.24, 2.45) is 0 Å². The smallest absolute Gasteiger partial charge is 0.213 e. The molecule has 5 rings (SSSR count). The van der Waals surface area contributed by atoms with Crippen molar-refractivity contribution in [3.05, 3.63) is 42.7 Å². The number of imidazole rings is 1. The molecule has 0 aromatic carbocycles. The molecular formula is C22H25N9O3S. The van der Waals surface area contributed by atoms with Crippen molar-refractivity contribution in [2.45, 2.75) is 6.92 Å². The quantitative estimate of drug-likeness (QED) is 0.324. The summed E-state index contributed by atoms with van der Waals surface area (Å²) in [6.07, 6.45) is 5.10. The van der Waals surface area contributed by atoms with Crippen LogP contribution >= 0.6 is 0 Å². The van der Waals surface area contributed by atoms with Gasteiger partial charge in [0.1, 0.15) is 28.7 Å². The Morgan fingerprint density at radius 1 is 1.14 bits per heavy atom. The van der Waals surface area contributed by atoms with Crippen molar-refractivity contribution in [3.63, 3.8) is 0 Å². The van der Waals surface area contributed by atoms with Gasteiger partial charge in [0.25, 0.3) is 0 Å². The van der Waals surface area contributed by atoms with Crippen LogP contribution in [0.3, 0.4) is 0 Å². The van der Waals surface area contributed by atoms with Crippen LogP contribution in [0.25, 0.3) is 22.4 Å². The number of aromatic amines is 1. The zero-order chi connectivity index (χ0) is 24.4. The number of pyridine rings is 2. The maximum Gasteiger partial charge on any atom is 0.213 e. The number of anilines is 3. The van der Waals surface area contributed by atoms with Crippen LogP contribution in [0.1, 0.15) is 5.82 Å². The number of nitrogens with zero attached hydrogens (tertiary/aromatic N) is 7. The Morgan fingerprint density at radius 3 is 2.69 bits per heavy atom. The number of aryl methyl sites for hydroxylation is 1. The van der Waals surface area contributed by atoms with E-state index in [0.29, 0.717) is 42.0 Å². The number of piperazine rings is 1. The molecule has 0 saturated carbocycles. The van der Waals surface area contributed by atoms with E-state index < -0.39 is 11.1 Å². The average Bonchev–Trinajstić information content (AvgIpc) is 3.33. The monoisotopic (exact) mass is 495 g/mol. The van der Waals surface area contributed by atoms with Crippen molar-refractivity contribution < 1.29 is 13.5 Å². The Labute approximate surface area is 204 Å². The summed E-state index contributed by atoms with van der Waals surface area (Å²) >= 11 is -1.83. The highest BCUT2D eigenvalue weighted by atomic mass is 32.2. The third-order valence-electron chi connectivity index (χ3n) is 5.76. The lowest BCUT2D eigenvalue weighted by Gasteiger charge is -2.35. The molecule has 0 amide bonds. The molecule has 1 fully saturated rings. The number of hydrogen-bond donors (Lipinski definition) is 3. The van der Waals surface area contributed by atoms with Gasteiger partial charge in [0.2, 0.25) is 5.88 Å². The molecule has 12 nitrogen and oxygen atoms in total. The van der Waals surface area contributed by atoms with Crippen molar-refractivity contribution >= 4 is 39.4 Å². The zero-order valence-electron chi connectivity index (χ0n) is 19.3. The molecule has 5 heterocycles. The SMILES string of the molecule is COc1ccc(Nc2ncc(N3CCN(CS(=O)O)CC3)cc2-c2nc(C)nc3nc[nH]c23)cn1. The maximum absolute atomic E-state index is 11.2. The number of ether oxygens (including phenoxy) is 1. The minimum Gasteiger partial charge on any atom is -0.481 e. The van der Waals surface area contributed by atoms with Gasteiger partial charge < -0.3 is 24.5 Å². The summed E-state index contributed by atoms with van der Waals surface area (Å²) in [7, 11) is 1.57. The number of methoxy groups -OCH3 is 1. The Bertz CT molecular complexity index is 1350. The van der Waals surface area contributed by atoms with Crippen molar-refractivity contribution in [2.75, 3.05) is 49.4 Å². The van der Waals surface area contributed by atoms with Gasteiger partial charge in [0.05, 0.1) is 37.2 Å². The predicted octanol–water partition coefficient (Wildman–Crippen LogP) is 2.17. The van der Waals surface area contributed by atoms with Gasteiger partial charge in [-0.25, -0.2) is 29.1 Å². The standard InChI is InChI=1S/C22H25N9O3S/c1-14-27-19(20-22(28-14)26-12-25-20)17-9-16(31-7-5-30(6-8-31)13-35(32)33)11-24-21(17)29-15-3-4-18(34-2)23-10-15/h3-4,9-12H,5-8,13H2,1-2H3,(H,24,29)(H,32,33)(H,25,26,27,28). The van der Waals surface area contributed by atoms with E-state index >= 15 is 0 Å². The molecule has 4 aromatic rings. The highest BCUT2D eigenvalue weighted by molar-refractivity contribution is 7.79. The molecular weight excluding hydrogens is 470 g/mol. The second-order valence-corrected chi connectivity index (χ2v) is 8.98. The van der Waals surface area contributed by atoms with Gasteiger partial charge in [-0.15, -0.1) is 0 Å². The van der Waals surface area contributed by atoms with Gasteiger partial charge in [-0.1, -0.05) is 0 Å². The van der Waals surface area contributed by atoms with Gasteiger partial charge in [-0.3, -0.25) is 4.90 Å². The number of nitrogens with one attached hydrogen (secondary N) is 2. The molecule has 182 valence electrons. The number of rotatable bonds is 7. The van der Waals surface area contributed by atoms with Crippen LogP contribution < -0.4 is 15.0 Å². The first-order valence-electron chi connectivity index (χ1n) is 11.0. The van der Waals surface area contributed by atoms with Crippen LogP contribution in [0, 0.1) is 6.92 Å².